The molecule has 0 saturated carbocycles. The van der Waals surface area contributed by atoms with E-state index >= 15 is 0 Å². The van der Waals surface area contributed by atoms with Gasteiger partial charge < -0.3 is 14.2 Å². The van der Waals surface area contributed by atoms with E-state index in [1.54, 1.807) is 33.5 Å². The fourth-order valence-corrected chi connectivity index (χ4v) is 2.08. The summed E-state index contributed by atoms with van der Waals surface area (Å²) in [6.45, 7) is 0. The Kier molecular flexibility index (Phi) is 5.20. The Morgan fingerprint density at radius 1 is 0.864 bits per heavy atom. The number of hydrogen-bond acceptors (Lipinski definition) is 4. The summed E-state index contributed by atoms with van der Waals surface area (Å²) in [6.07, 6.45) is 2.64. The molecule has 22 heavy (non-hydrogen) atoms. The van der Waals surface area contributed by atoms with Gasteiger partial charge in [0.1, 0.15) is 5.75 Å². The van der Waals surface area contributed by atoms with Gasteiger partial charge in [-0.2, -0.15) is 0 Å². The van der Waals surface area contributed by atoms with Crippen LogP contribution in [0.15, 0.2) is 42.5 Å². The van der Waals surface area contributed by atoms with Gasteiger partial charge in [-0.05, 0) is 41.5 Å². The van der Waals surface area contributed by atoms with Crippen molar-refractivity contribution in [3.8, 4) is 17.2 Å². The Morgan fingerprint density at radius 2 is 1.55 bits per heavy atom. The second kappa shape index (κ2) is 7.31. The minimum atomic E-state index is 0.561. The number of carbonyl (C=O) groups excluding carboxylic acids is 1. The first-order valence-electron chi connectivity index (χ1n) is 6.75. The molecule has 0 N–H and O–H groups in total. The zero-order chi connectivity index (χ0) is 15.9. The van der Waals surface area contributed by atoms with E-state index in [1.807, 2.05) is 36.4 Å². The molecular weight excluding hydrogens is 280 g/mol. The van der Waals surface area contributed by atoms with Crippen molar-refractivity contribution in [2.45, 2.75) is 0 Å². The highest BCUT2D eigenvalue weighted by molar-refractivity contribution is 6.13. The SMILES string of the molecule is COc1ccc(C=C(C=O)c2ccc(OC)c(OC)c2)cc1. The summed E-state index contributed by atoms with van der Waals surface area (Å²) < 4.78 is 15.6. The smallest absolute Gasteiger partial charge is 0.161 e. The van der Waals surface area contributed by atoms with Crippen LogP contribution in [0, 0.1) is 0 Å². The monoisotopic (exact) mass is 298 g/mol. The molecule has 0 aliphatic rings. The van der Waals surface area contributed by atoms with Crippen molar-refractivity contribution in [1.29, 1.82) is 0 Å². The topological polar surface area (TPSA) is 44.8 Å². The number of benzene rings is 2. The summed E-state index contributed by atoms with van der Waals surface area (Å²) in [5.41, 5.74) is 2.24. The highest BCUT2D eigenvalue weighted by Crippen LogP contribution is 2.30. The van der Waals surface area contributed by atoms with Crippen molar-refractivity contribution >= 4 is 17.9 Å². The van der Waals surface area contributed by atoms with E-state index in [9.17, 15) is 4.79 Å². The van der Waals surface area contributed by atoms with Gasteiger partial charge in [0.2, 0.25) is 0 Å². The lowest BCUT2D eigenvalue weighted by Crippen LogP contribution is -1.93. The number of aldehydes is 1. The Balaban J connectivity index is 2.38. The third-order valence-corrected chi connectivity index (χ3v) is 3.28. The summed E-state index contributed by atoms with van der Waals surface area (Å²) in [5, 5.41) is 0. The van der Waals surface area contributed by atoms with Gasteiger partial charge in [0.15, 0.2) is 17.8 Å². The molecule has 0 aromatic heterocycles. The molecule has 0 aliphatic heterocycles. The van der Waals surface area contributed by atoms with Crippen LogP contribution in [0.4, 0.5) is 0 Å². The lowest BCUT2D eigenvalue weighted by Gasteiger charge is -2.09. The molecule has 0 fully saturated rings. The van der Waals surface area contributed by atoms with E-state index in [0.29, 0.717) is 17.1 Å². The molecule has 4 nitrogen and oxygen atoms in total. The number of ether oxygens (including phenoxy) is 3. The number of rotatable bonds is 6. The number of hydrogen-bond donors (Lipinski definition) is 0. The van der Waals surface area contributed by atoms with Crippen molar-refractivity contribution in [1.82, 2.24) is 0 Å². The van der Waals surface area contributed by atoms with Crippen LogP contribution in [0.2, 0.25) is 0 Å². The Labute approximate surface area is 129 Å². The van der Waals surface area contributed by atoms with Crippen molar-refractivity contribution < 1.29 is 19.0 Å². The maximum absolute atomic E-state index is 11.4. The van der Waals surface area contributed by atoms with Crippen molar-refractivity contribution in [2.24, 2.45) is 0 Å². The predicted molar refractivity (Wildman–Crippen MR) is 86.5 cm³/mol. The molecule has 2 rings (SSSR count). The van der Waals surface area contributed by atoms with Gasteiger partial charge in [0.25, 0.3) is 0 Å². The second-order valence-corrected chi connectivity index (χ2v) is 4.56. The predicted octanol–water partition coefficient (Wildman–Crippen LogP) is 3.45. The summed E-state index contributed by atoms with van der Waals surface area (Å²) in [6, 6.07) is 12.9. The minimum absolute atomic E-state index is 0.561. The summed E-state index contributed by atoms with van der Waals surface area (Å²) in [5.74, 6) is 1.99. The fourth-order valence-electron chi connectivity index (χ4n) is 2.08. The first kappa shape index (κ1) is 15.6. The summed E-state index contributed by atoms with van der Waals surface area (Å²) >= 11 is 0. The maximum atomic E-state index is 11.4. The van der Waals surface area contributed by atoms with Crippen molar-refractivity contribution in [3.05, 3.63) is 53.6 Å². The highest BCUT2D eigenvalue weighted by Gasteiger charge is 2.08. The minimum Gasteiger partial charge on any atom is -0.497 e. The second-order valence-electron chi connectivity index (χ2n) is 4.56. The van der Waals surface area contributed by atoms with Crippen LogP contribution in [0.5, 0.6) is 17.2 Å². The number of carbonyl (C=O) groups is 1. The van der Waals surface area contributed by atoms with Gasteiger partial charge in [0.05, 0.1) is 21.3 Å². The van der Waals surface area contributed by atoms with Crippen LogP contribution < -0.4 is 14.2 Å². The number of methoxy groups -OCH3 is 3. The standard InChI is InChI=1S/C18H18O4/c1-20-16-7-4-13(5-8-16)10-15(12-19)14-6-9-17(21-2)18(11-14)22-3/h4-12H,1-3H3. The van der Waals surface area contributed by atoms with Gasteiger partial charge >= 0.3 is 0 Å². The van der Waals surface area contributed by atoms with E-state index in [4.69, 9.17) is 14.2 Å². The molecule has 0 saturated heterocycles. The van der Waals surface area contributed by atoms with Crippen LogP contribution in [0.1, 0.15) is 11.1 Å². The molecule has 2 aromatic carbocycles. The van der Waals surface area contributed by atoms with Crippen LogP contribution in [-0.2, 0) is 4.79 Å². The van der Waals surface area contributed by atoms with Gasteiger partial charge in [-0.3, -0.25) is 4.79 Å². The molecule has 114 valence electrons. The molecule has 0 aliphatic carbocycles. The molecule has 2 aromatic rings. The van der Waals surface area contributed by atoms with E-state index in [-0.39, 0.29) is 0 Å². The summed E-state index contributed by atoms with van der Waals surface area (Å²) in [7, 11) is 4.76. The first-order valence-corrected chi connectivity index (χ1v) is 6.75. The third-order valence-electron chi connectivity index (χ3n) is 3.28. The van der Waals surface area contributed by atoms with E-state index in [1.165, 1.54) is 0 Å². The third kappa shape index (κ3) is 3.47. The van der Waals surface area contributed by atoms with Crippen LogP contribution >= 0.6 is 0 Å². The molecule has 0 unspecified atom stereocenters. The van der Waals surface area contributed by atoms with Gasteiger partial charge in [-0.1, -0.05) is 18.2 Å². The van der Waals surface area contributed by atoms with Crippen LogP contribution in [-0.4, -0.2) is 27.6 Å². The zero-order valence-corrected chi connectivity index (χ0v) is 12.8. The first-order chi connectivity index (χ1) is 10.7. The molecule has 0 atom stereocenters. The maximum Gasteiger partial charge on any atom is 0.161 e. The van der Waals surface area contributed by atoms with E-state index in [0.717, 1.165) is 23.2 Å². The van der Waals surface area contributed by atoms with Gasteiger partial charge in [0, 0.05) is 5.57 Å². The zero-order valence-electron chi connectivity index (χ0n) is 12.8. The Morgan fingerprint density at radius 3 is 2.09 bits per heavy atom. The molecule has 4 heteroatoms. The molecule has 0 radical (unpaired) electrons. The lowest BCUT2D eigenvalue weighted by atomic mass is 10.0. The van der Waals surface area contributed by atoms with Crippen LogP contribution in [0.3, 0.4) is 0 Å². The average Bonchev–Trinajstić information content (AvgIpc) is 2.59. The van der Waals surface area contributed by atoms with Crippen molar-refractivity contribution in [2.75, 3.05) is 21.3 Å². The fraction of sp³-hybridized carbons (Fsp3) is 0.167. The molecule has 0 spiro atoms. The molecule has 0 heterocycles. The van der Waals surface area contributed by atoms with E-state index < -0.39 is 0 Å². The van der Waals surface area contributed by atoms with E-state index in [2.05, 4.69) is 0 Å². The Hall–Kier alpha value is -2.75. The normalized spacial score (nSPS) is 11.0. The van der Waals surface area contributed by atoms with Crippen molar-refractivity contribution in [3.63, 3.8) is 0 Å². The largest absolute Gasteiger partial charge is 0.497 e. The highest BCUT2D eigenvalue weighted by atomic mass is 16.5. The molecular formula is C18H18O4. The number of allylic oxidation sites excluding steroid dienone is 1. The van der Waals surface area contributed by atoms with Crippen LogP contribution in [0.25, 0.3) is 11.6 Å². The molecule has 0 bridgehead atoms. The lowest BCUT2D eigenvalue weighted by molar-refractivity contribution is -0.103. The quantitative estimate of drug-likeness (QED) is 0.465. The average molecular weight is 298 g/mol. The summed E-state index contributed by atoms with van der Waals surface area (Å²) in [4.78, 5) is 11.4. The Bertz CT molecular complexity index is 672. The molecule has 0 amide bonds. The van der Waals surface area contributed by atoms with Gasteiger partial charge in [-0.15, -0.1) is 0 Å². The van der Waals surface area contributed by atoms with Gasteiger partial charge in [-0.25, -0.2) is 0 Å².